The molecule has 0 aliphatic heterocycles. The summed E-state index contributed by atoms with van der Waals surface area (Å²) in [5.74, 6) is 1.03. The smallest absolute Gasteiger partial charge is 0.126 e. The SMILES string of the molecule is COCCNCc1cccc(C)c1OCCC(C)(C)C. The van der Waals surface area contributed by atoms with Crippen molar-refractivity contribution in [2.45, 2.75) is 40.7 Å². The molecule has 1 N–H and O–H groups in total. The summed E-state index contributed by atoms with van der Waals surface area (Å²) >= 11 is 0. The second-order valence-corrected chi connectivity index (χ2v) is 6.39. The van der Waals surface area contributed by atoms with Gasteiger partial charge >= 0.3 is 0 Å². The van der Waals surface area contributed by atoms with Crippen LogP contribution in [0, 0.1) is 12.3 Å². The molecule has 0 unspecified atom stereocenters. The second-order valence-electron chi connectivity index (χ2n) is 6.39. The van der Waals surface area contributed by atoms with Crippen molar-refractivity contribution in [2.24, 2.45) is 5.41 Å². The Hall–Kier alpha value is -1.06. The summed E-state index contributed by atoms with van der Waals surface area (Å²) < 4.78 is 11.1. The van der Waals surface area contributed by atoms with E-state index >= 15 is 0 Å². The average molecular weight is 279 g/mol. The molecule has 3 heteroatoms. The van der Waals surface area contributed by atoms with Gasteiger partial charge in [0.25, 0.3) is 0 Å². The fourth-order valence-electron chi connectivity index (χ4n) is 1.92. The number of ether oxygens (including phenoxy) is 2. The third-order valence-electron chi connectivity index (χ3n) is 3.19. The van der Waals surface area contributed by atoms with Gasteiger partial charge in [0.05, 0.1) is 13.2 Å². The van der Waals surface area contributed by atoms with Gasteiger partial charge in [-0.15, -0.1) is 0 Å². The predicted octanol–water partition coefficient (Wildman–Crippen LogP) is 3.55. The van der Waals surface area contributed by atoms with E-state index in [0.717, 1.165) is 38.5 Å². The molecule has 0 bridgehead atoms. The molecule has 0 atom stereocenters. The van der Waals surface area contributed by atoms with E-state index in [1.54, 1.807) is 7.11 Å². The van der Waals surface area contributed by atoms with Gasteiger partial charge in [0.2, 0.25) is 0 Å². The number of benzene rings is 1. The van der Waals surface area contributed by atoms with Crippen molar-refractivity contribution < 1.29 is 9.47 Å². The number of rotatable bonds is 8. The molecular weight excluding hydrogens is 250 g/mol. The van der Waals surface area contributed by atoms with E-state index in [0.29, 0.717) is 5.41 Å². The Morgan fingerprint density at radius 1 is 1.15 bits per heavy atom. The zero-order chi connectivity index (χ0) is 15.0. The molecule has 0 amide bonds. The minimum atomic E-state index is 0.305. The summed E-state index contributed by atoms with van der Waals surface area (Å²) in [5, 5.41) is 3.37. The Kier molecular flexibility index (Phi) is 7.03. The number of nitrogens with one attached hydrogen (secondary N) is 1. The number of hydrogen-bond acceptors (Lipinski definition) is 3. The van der Waals surface area contributed by atoms with Crippen LogP contribution in [-0.2, 0) is 11.3 Å². The predicted molar refractivity (Wildman–Crippen MR) is 84.3 cm³/mol. The molecule has 0 heterocycles. The van der Waals surface area contributed by atoms with Crippen LogP contribution in [-0.4, -0.2) is 26.9 Å². The van der Waals surface area contributed by atoms with Crippen LogP contribution >= 0.6 is 0 Å². The highest BCUT2D eigenvalue weighted by Crippen LogP contribution is 2.25. The van der Waals surface area contributed by atoms with E-state index in [2.05, 4.69) is 51.2 Å². The fourth-order valence-corrected chi connectivity index (χ4v) is 1.92. The fraction of sp³-hybridized carbons (Fsp3) is 0.647. The lowest BCUT2D eigenvalue weighted by atomic mass is 9.93. The Morgan fingerprint density at radius 2 is 1.90 bits per heavy atom. The van der Waals surface area contributed by atoms with Crippen molar-refractivity contribution in [3.05, 3.63) is 29.3 Å². The molecule has 0 fully saturated rings. The highest BCUT2D eigenvalue weighted by atomic mass is 16.5. The Morgan fingerprint density at radius 3 is 2.55 bits per heavy atom. The molecule has 0 saturated carbocycles. The van der Waals surface area contributed by atoms with Crippen molar-refractivity contribution in [3.8, 4) is 5.75 Å². The van der Waals surface area contributed by atoms with Gasteiger partial charge in [-0.05, 0) is 24.3 Å². The van der Waals surface area contributed by atoms with Gasteiger partial charge in [-0.2, -0.15) is 0 Å². The van der Waals surface area contributed by atoms with E-state index in [9.17, 15) is 0 Å². The molecule has 0 aliphatic carbocycles. The maximum absolute atomic E-state index is 6.03. The zero-order valence-electron chi connectivity index (χ0n) is 13.6. The van der Waals surface area contributed by atoms with Crippen molar-refractivity contribution >= 4 is 0 Å². The third kappa shape index (κ3) is 6.40. The van der Waals surface area contributed by atoms with Crippen LogP contribution in [0.15, 0.2) is 18.2 Å². The lowest BCUT2D eigenvalue weighted by molar-refractivity contribution is 0.198. The zero-order valence-corrected chi connectivity index (χ0v) is 13.6. The molecule has 0 spiro atoms. The largest absolute Gasteiger partial charge is 0.493 e. The molecule has 114 valence electrons. The first kappa shape index (κ1) is 17.0. The number of methoxy groups -OCH3 is 1. The van der Waals surface area contributed by atoms with Crippen LogP contribution in [0.25, 0.3) is 0 Å². The van der Waals surface area contributed by atoms with Crippen molar-refractivity contribution in [3.63, 3.8) is 0 Å². The average Bonchev–Trinajstić information content (AvgIpc) is 2.36. The van der Waals surface area contributed by atoms with Crippen molar-refractivity contribution in [2.75, 3.05) is 26.9 Å². The van der Waals surface area contributed by atoms with Crippen LogP contribution in [0.2, 0.25) is 0 Å². The number of aryl methyl sites for hydroxylation is 1. The van der Waals surface area contributed by atoms with Crippen LogP contribution < -0.4 is 10.1 Å². The van der Waals surface area contributed by atoms with E-state index < -0.39 is 0 Å². The lowest BCUT2D eigenvalue weighted by Gasteiger charge is -2.20. The monoisotopic (exact) mass is 279 g/mol. The van der Waals surface area contributed by atoms with Gasteiger partial charge in [-0.3, -0.25) is 0 Å². The first-order chi connectivity index (χ1) is 9.44. The van der Waals surface area contributed by atoms with Crippen LogP contribution in [0.1, 0.15) is 38.3 Å². The minimum Gasteiger partial charge on any atom is -0.493 e. The van der Waals surface area contributed by atoms with Gasteiger partial charge < -0.3 is 14.8 Å². The van der Waals surface area contributed by atoms with Crippen LogP contribution in [0.3, 0.4) is 0 Å². The molecule has 3 nitrogen and oxygen atoms in total. The number of hydrogen-bond donors (Lipinski definition) is 1. The molecular formula is C17H29NO2. The highest BCUT2D eigenvalue weighted by molar-refractivity contribution is 5.40. The standard InChI is InChI=1S/C17H29NO2/c1-14-7-6-8-15(13-18-10-12-19-5)16(14)20-11-9-17(2,3)4/h6-8,18H,9-13H2,1-5H3. The quantitative estimate of drug-likeness (QED) is 0.738. The van der Waals surface area contributed by atoms with Crippen LogP contribution in [0.5, 0.6) is 5.75 Å². The molecule has 1 rings (SSSR count). The molecule has 20 heavy (non-hydrogen) atoms. The first-order valence-corrected chi connectivity index (χ1v) is 7.35. The molecule has 0 saturated heterocycles. The van der Waals surface area contributed by atoms with E-state index in [-0.39, 0.29) is 0 Å². The Balaban J connectivity index is 2.58. The molecule has 0 aromatic heterocycles. The summed E-state index contributed by atoms with van der Waals surface area (Å²) in [6, 6.07) is 6.31. The number of para-hydroxylation sites is 1. The second kappa shape index (κ2) is 8.28. The normalized spacial score (nSPS) is 11.7. The lowest BCUT2D eigenvalue weighted by Crippen LogP contribution is -2.19. The van der Waals surface area contributed by atoms with E-state index in [1.165, 1.54) is 11.1 Å². The summed E-state index contributed by atoms with van der Waals surface area (Å²) in [4.78, 5) is 0. The van der Waals surface area contributed by atoms with E-state index in [4.69, 9.17) is 9.47 Å². The van der Waals surface area contributed by atoms with Crippen molar-refractivity contribution in [1.29, 1.82) is 0 Å². The van der Waals surface area contributed by atoms with Gasteiger partial charge in [0.15, 0.2) is 0 Å². The third-order valence-corrected chi connectivity index (χ3v) is 3.19. The first-order valence-electron chi connectivity index (χ1n) is 7.35. The van der Waals surface area contributed by atoms with Gasteiger partial charge in [0, 0.05) is 25.8 Å². The Labute approximate surface area is 123 Å². The summed E-state index contributed by atoms with van der Waals surface area (Å²) in [7, 11) is 1.72. The van der Waals surface area contributed by atoms with Gasteiger partial charge in [-0.25, -0.2) is 0 Å². The minimum absolute atomic E-state index is 0.305. The molecule has 1 aromatic carbocycles. The topological polar surface area (TPSA) is 30.5 Å². The molecule has 1 aromatic rings. The van der Waals surface area contributed by atoms with Gasteiger partial charge in [0.1, 0.15) is 5.75 Å². The maximum atomic E-state index is 6.03. The van der Waals surface area contributed by atoms with Crippen LogP contribution in [0.4, 0.5) is 0 Å². The molecule has 0 aliphatic rings. The maximum Gasteiger partial charge on any atom is 0.126 e. The van der Waals surface area contributed by atoms with Crippen molar-refractivity contribution in [1.82, 2.24) is 5.32 Å². The van der Waals surface area contributed by atoms with Gasteiger partial charge in [-0.1, -0.05) is 39.0 Å². The van der Waals surface area contributed by atoms with E-state index in [1.807, 2.05) is 0 Å². The Bertz CT molecular complexity index is 396. The summed E-state index contributed by atoms with van der Waals surface area (Å²) in [6.07, 6.45) is 1.05. The molecule has 0 radical (unpaired) electrons. The summed E-state index contributed by atoms with van der Waals surface area (Å²) in [6.45, 7) is 12.0. The highest BCUT2D eigenvalue weighted by Gasteiger charge is 2.12. The summed E-state index contributed by atoms with van der Waals surface area (Å²) in [5.41, 5.74) is 2.72.